The number of ether oxygens (including phenoxy) is 3. The number of rotatable bonds is 5. The first-order valence-electron chi connectivity index (χ1n) is 15.6. The topological polar surface area (TPSA) is 109 Å². The number of nitrogens with one attached hydrogen (secondary N) is 1. The van der Waals surface area contributed by atoms with E-state index in [1.807, 2.05) is 60.7 Å². The predicted octanol–water partition coefficient (Wildman–Crippen LogP) is 5.82. The summed E-state index contributed by atoms with van der Waals surface area (Å²) in [6, 6.07) is 5.18. The summed E-state index contributed by atoms with van der Waals surface area (Å²) in [7, 11) is 2.03. The van der Waals surface area contributed by atoms with Crippen LogP contribution in [-0.4, -0.2) is 106 Å². The van der Waals surface area contributed by atoms with E-state index < -0.39 is 11.4 Å². The second-order valence-electron chi connectivity index (χ2n) is 13.4. The van der Waals surface area contributed by atoms with Gasteiger partial charge in [0.2, 0.25) is 0 Å². The Labute approximate surface area is 272 Å². The van der Waals surface area contributed by atoms with Gasteiger partial charge >= 0.3 is 12.1 Å². The van der Waals surface area contributed by atoms with Crippen LogP contribution in [0.25, 0.3) is 32.9 Å². The van der Waals surface area contributed by atoms with Gasteiger partial charge in [0, 0.05) is 60.2 Å². The molecular formula is C33H41ClFN7O4. The highest BCUT2D eigenvalue weighted by Gasteiger charge is 2.36. The Morgan fingerprint density at radius 2 is 1.91 bits per heavy atom. The van der Waals surface area contributed by atoms with E-state index in [0.29, 0.717) is 43.0 Å². The molecule has 1 N–H and O–H groups in total. The van der Waals surface area contributed by atoms with Crippen LogP contribution in [0.5, 0.6) is 6.01 Å². The van der Waals surface area contributed by atoms with Crippen molar-refractivity contribution in [3.05, 3.63) is 40.8 Å². The molecule has 2 aliphatic rings. The number of halogens is 2. The molecule has 0 unspecified atom stereocenters. The summed E-state index contributed by atoms with van der Waals surface area (Å²) in [5.74, 6) is -0.0926. The van der Waals surface area contributed by atoms with Crippen LogP contribution in [-0.2, 0) is 9.47 Å². The standard InChI is InChI=1S/C33H41ClFN7O4/c1-18-8-9-25-23(13-36-39-25)26(18)27-24(34)12-22-29(28(27)35)37-31(45-17-21-16-40(7)10-11-44-21)38-30(22)41-14-20(3)42(15-19(41)2)32(43)46-33(4,5)6/h8-9,12-13,19-21H,10-11,14-17H2,1-7H3,(H,36,39)/t19-,20+,21+/m0/s1. The van der Waals surface area contributed by atoms with Crippen LogP contribution in [0.3, 0.4) is 0 Å². The zero-order chi connectivity index (χ0) is 32.9. The van der Waals surface area contributed by atoms with Crippen molar-refractivity contribution in [2.24, 2.45) is 0 Å². The fourth-order valence-corrected chi connectivity index (χ4v) is 6.55. The van der Waals surface area contributed by atoms with Gasteiger partial charge in [-0.1, -0.05) is 17.7 Å². The molecule has 2 aliphatic heterocycles. The minimum absolute atomic E-state index is 0.0409. The molecular weight excluding hydrogens is 613 g/mol. The maximum atomic E-state index is 16.9. The van der Waals surface area contributed by atoms with Crippen LogP contribution >= 0.6 is 11.6 Å². The molecule has 2 aromatic carbocycles. The number of carbonyl (C=O) groups is 1. The Bertz CT molecular complexity index is 1780. The monoisotopic (exact) mass is 653 g/mol. The van der Waals surface area contributed by atoms with Crippen LogP contribution < -0.4 is 9.64 Å². The number of morpholine rings is 1. The van der Waals surface area contributed by atoms with E-state index in [1.165, 1.54) is 0 Å². The smallest absolute Gasteiger partial charge is 0.410 e. The van der Waals surface area contributed by atoms with E-state index in [0.717, 1.165) is 23.0 Å². The summed E-state index contributed by atoms with van der Waals surface area (Å²) in [6.07, 6.45) is 1.12. The van der Waals surface area contributed by atoms with E-state index >= 15 is 4.39 Å². The molecule has 0 saturated carbocycles. The second kappa shape index (κ2) is 12.5. The molecule has 246 valence electrons. The van der Waals surface area contributed by atoms with Gasteiger partial charge in [-0.15, -0.1) is 0 Å². The summed E-state index contributed by atoms with van der Waals surface area (Å²) < 4.78 is 34.6. The van der Waals surface area contributed by atoms with E-state index in [-0.39, 0.29) is 53.0 Å². The van der Waals surface area contributed by atoms with Gasteiger partial charge in [0.25, 0.3) is 0 Å². The van der Waals surface area contributed by atoms with E-state index in [2.05, 4.69) is 25.0 Å². The highest BCUT2D eigenvalue weighted by atomic mass is 35.5. The van der Waals surface area contributed by atoms with Crippen LogP contribution in [0.4, 0.5) is 15.0 Å². The summed E-state index contributed by atoms with van der Waals surface area (Å²) in [4.78, 5) is 28.5. The lowest BCUT2D eigenvalue weighted by atomic mass is 9.95. The highest BCUT2D eigenvalue weighted by Crippen LogP contribution is 2.43. The number of fused-ring (bicyclic) bond motifs is 2. The third-order valence-corrected chi connectivity index (χ3v) is 8.85. The van der Waals surface area contributed by atoms with Gasteiger partial charge in [0.1, 0.15) is 29.6 Å². The first-order valence-corrected chi connectivity index (χ1v) is 16.0. The second-order valence-corrected chi connectivity index (χ2v) is 13.8. The maximum absolute atomic E-state index is 16.9. The van der Waals surface area contributed by atoms with Gasteiger partial charge in [-0.25, -0.2) is 9.18 Å². The van der Waals surface area contributed by atoms with Crippen LogP contribution in [0.2, 0.25) is 5.02 Å². The number of nitrogens with zero attached hydrogens (tertiary/aromatic N) is 6. The van der Waals surface area contributed by atoms with Crippen LogP contribution in [0.15, 0.2) is 24.4 Å². The first kappa shape index (κ1) is 32.2. The number of hydrogen-bond donors (Lipinski definition) is 1. The molecule has 11 nitrogen and oxygen atoms in total. The molecule has 3 atom stereocenters. The summed E-state index contributed by atoms with van der Waals surface area (Å²) >= 11 is 6.93. The molecule has 4 heterocycles. The molecule has 2 saturated heterocycles. The number of piperazine rings is 1. The van der Waals surface area contributed by atoms with E-state index in [4.69, 9.17) is 30.8 Å². The molecule has 4 aromatic rings. The van der Waals surface area contributed by atoms with E-state index in [1.54, 1.807) is 17.2 Å². The number of H-pyrrole nitrogens is 1. The minimum Gasteiger partial charge on any atom is -0.461 e. The van der Waals surface area contributed by atoms with Gasteiger partial charge in [0.15, 0.2) is 5.82 Å². The summed E-state index contributed by atoms with van der Waals surface area (Å²) in [5, 5.41) is 8.57. The lowest BCUT2D eigenvalue weighted by molar-refractivity contribution is -0.0416. The number of aryl methyl sites for hydroxylation is 1. The molecule has 2 fully saturated rings. The average molecular weight is 654 g/mol. The highest BCUT2D eigenvalue weighted by molar-refractivity contribution is 6.35. The number of aromatic nitrogens is 4. The average Bonchev–Trinajstić information content (AvgIpc) is 3.46. The molecule has 0 aliphatic carbocycles. The van der Waals surface area contributed by atoms with Crippen LogP contribution in [0, 0.1) is 12.7 Å². The fourth-order valence-electron chi connectivity index (χ4n) is 6.26. The predicted molar refractivity (Wildman–Crippen MR) is 176 cm³/mol. The Morgan fingerprint density at radius 1 is 1.13 bits per heavy atom. The van der Waals surface area contributed by atoms with E-state index in [9.17, 15) is 4.79 Å². The van der Waals surface area contributed by atoms with Gasteiger partial charge in [-0.05, 0) is 66.3 Å². The number of anilines is 1. The van der Waals surface area contributed by atoms with Crippen molar-refractivity contribution >= 4 is 45.3 Å². The Hall–Kier alpha value is -3.74. The van der Waals surface area contributed by atoms with Crippen molar-refractivity contribution in [1.29, 1.82) is 0 Å². The van der Waals surface area contributed by atoms with Crippen LogP contribution in [0.1, 0.15) is 40.2 Å². The van der Waals surface area contributed by atoms with Gasteiger partial charge in [0.05, 0.1) is 23.3 Å². The quantitative estimate of drug-likeness (QED) is 0.285. The van der Waals surface area contributed by atoms with Gasteiger partial charge in [-0.3, -0.25) is 5.10 Å². The van der Waals surface area contributed by atoms with Crippen molar-refractivity contribution in [1.82, 2.24) is 30.0 Å². The third-order valence-electron chi connectivity index (χ3n) is 8.55. The number of aromatic amines is 1. The fraction of sp³-hybridized carbons (Fsp3) is 0.515. The number of benzene rings is 2. The summed E-state index contributed by atoms with van der Waals surface area (Å²) in [6.45, 7) is 14.6. The molecule has 1 amide bonds. The first-order chi connectivity index (χ1) is 21.8. The zero-order valence-electron chi connectivity index (χ0n) is 27.4. The number of carbonyl (C=O) groups excluding carboxylic acids is 1. The molecule has 6 rings (SSSR count). The zero-order valence-corrected chi connectivity index (χ0v) is 28.1. The number of amides is 1. The lowest BCUT2D eigenvalue weighted by Gasteiger charge is -2.45. The Kier molecular flexibility index (Phi) is 8.73. The minimum atomic E-state index is -0.617. The number of hydrogen-bond acceptors (Lipinski definition) is 9. The molecule has 2 aromatic heterocycles. The number of likely N-dealkylation sites (N-methyl/N-ethyl adjacent to an activating group) is 1. The van der Waals surface area contributed by atoms with Crippen molar-refractivity contribution in [3.63, 3.8) is 0 Å². The molecule has 46 heavy (non-hydrogen) atoms. The summed E-state index contributed by atoms with van der Waals surface area (Å²) in [5.41, 5.74) is 1.97. The third kappa shape index (κ3) is 6.30. The SMILES string of the molecule is Cc1ccc2[nH]ncc2c1-c1c(Cl)cc2c(N3C[C@@H](C)N(C(=O)OC(C)(C)C)C[C@@H]3C)nc(OC[C@H]3CN(C)CCO3)nc2c1F. The van der Waals surface area contributed by atoms with Crippen molar-refractivity contribution < 1.29 is 23.4 Å². The van der Waals surface area contributed by atoms with Crippen molar-refractivity contribution in [3.8, 4) is 17.1 Å². The molecule has 0 radical (unpaired) electrons. The Morgan fingerprint density at radius 3 is 2.65 bits per heavy atom. The van der Waals surface area contributed by atoms with Crippen molar-refractivity contribution in [2.45, 2.75) is 65.3 Å². The largest absolute Gasteiger partial charge is 0.461 e. The normalized spacial score (nSPS) is 21.3. The molecule has 0 spiro atoms. The molecule has 0 bridgehead atoms. The lowest BCUT2D eigenvalue weighted by Crippen LogP contribution is -2.59. The Balaban J connectivity index is 1.44. The van der Waals surface area contributed by atoms with Crippen molar-refractivity contribution in [2.75, 3.05) is 51.3 Å². The van der Waals surface area contributed by atoms with Gasteiger partial charge < -0.3 is 28.9 Å². The molecule has 13 heteroatoms. The van der Waals surface area contributed by atoms with Gasteiger partial charge in [-0.2, -0.15) is 15.1 Å². The maximum Gasteiger partial charge on any atom is 0.410 e.